The second-order valence-electron chi connectivity index (χ2n) is 5.69. The average molecular weight is 281 g/mol. The summed E-state index contributed by atoms with van der Waals surface area (Å²) in [6.07, 6.45) is 4.77. The molecule has 2 heteroatoms. The van der Waals surface area contributed by atoms with Gasteiger partial charge in [0, 0.05) is 6.42 Å². The summed E-state index contributed by atoms with van der Waals surface area (Å²) in [5.41, 5.74) is 4.20. The summed E-state index contributed by atoms with van der Waals surface area (Å²) in [4.78, 5) is 0. The van der Waals surface area contributed by atoms with Gasteiger partial charge in [0.2, 0.25) is 0 Å². The van der Waals surface area contributed by atoms with Crippen molar-refractivity contribution in [1.29, 1.82) is 0 Å². The molecule has 0 spiro atoms. The van der Waals surface area contributed by atoms with Crippen LogP contribution in [0.3, 0.4) is 0 Å². The third-order valence-corrected chi connectivity index (χ3v) is 4.18. The minimum atomic E-state index is 0.109. The lowest BCUT2D eigenvalue weighted by Crippen LogP contribution is -2.16. The van der Waals surface area contributed by atoms with Crippen molar-refractivity contribution in [3.63, 3.8) is 0 Å². The van der Waals surface area contributed by atoms with Crippen LogP contribution >= 0.6 is 0 Å². The Morgan fingerprint density at radius 1 is 1.05 bits per heavy atom. The second kappa shape index (κ2) is 6.77. The highest BCUT2D eigenvalue weighted by atomic mass is 16.5. The fraction of sp³-hybridized carbons (Fsp3) is 0.368. The summed E-state index contributed by atoms with van der Waals surface area (Å²) in [7, 11) is 1.98. The van der Waals surface area contributed by atoms with Crippen molar-refractivity contribution in [2.24, 2.45) is 0 Å². The molecule has 0 bridgehead atoms. The van der Waals surface area contributed by atoms with Gasteiger partial charge in [-0.2, -0.15) is 0 Å². The molecule has 0 amide bonds. The van der Waals surface area contributed by atoms with E-state index in [0.29, 0.717) is 0 Å². The van der Waals surface area contributed by atoms with Crippen LogP contribution in [0.25, 0.3) is 0 Å². The summed E-state index contributed by atoms with van der Waals surface area (Å²) in [5, 5.41) is 3.22. The van der Waals surface area contributed by atoms with Gasteiger partial charge >= 0.3 is 0 Å². The van der Waals surface area contributed by atoms with Crippen molar-refractivity contribution < 1.29 is 4.74 Å². The Labute approximate surface area is 127 Å². The summed E-state index contributed by atoms with van der Waals surface area (Å²) in [6, 6.07) is 17.1. The average Bonchev–Trinajstić information content (AvgIpc) is 3.00. The molecule has 0 heterocycles. The van der Waals surface area contributed by atoms with E-state index in [1.165, 1.54) is 36.0 Å². The molecule has 1 aliphatic rings. The highest BCUT2D eigenvalue weighted by Crippen LogP contribution is 2.29. The fourth-order valence-electron chi connectivity index (χ4n) is 3.02. The standard InChI is InChI=1S/C19H23NO/c1-20-13-12-19(16-6-3-2-4-7-16)21-18-11-10-15-8-5-9-17(15)14-18/h2-4,6-7,10-11,14,19-20H,5,8-9,12-13H2,1H3. The molecule has 1 N–H and O–H groups in total. The van der Waals surface area contributed by atoms with E-state index >= 15 is 0 Å². The molecule has 2 aromatic rings. The van der Waals surface area contributed by atoms with Gasteiger partial charge in [0.15, 0.2) is 0 Å². The number of ether oxygens (including phenoxy) is 1. The first-order valence-corrected chi connectivity index (χ1v) is 7.85. The van der Waals surface area contributed by atoms with E-state index in [2.05, 4.69) is 47.8 Å². The van der Waals surface area contributed by atoms with Crippen molar-refractivity contribution in [1.82, 2.24) is 5.32 Å². The third-order valence-electron chi connectivity index (χ3n) is 4.18. The van der Waals surface area contributed by atoms with E-state index in [1.54, 1.807) is 0 Å². The Morgan fingerprint density at radius 3 is 2.67 bits per heavy atom. The van der Waals surface area contributed by atoms with Crippen molar-refractivity contribution in [2.75, 3.05) is 13.6 Å². The molecule has 0 aliphatic heterocycles. The maximum absolute atomic E-state index is 6.29. The lowest BCUT2D eigenvalue weighted by Gasteiger charge is -2.20. The van der Waals surface area contributed by atoms with E-state index in [0.717, 1.165) is 18.7 Å². The minimum Gasteiger partial charge on any atom is -0.486 e. The van der Waals surface area contributed by atoms with Gasteiger partial charge in [-0.05, 0) is 61.7 Å². The van der Waals surface area contributed by atoms with E-state index in [9.17, 15) is 0 Å². The van der Waals surface area contributed by atoms with Gasteiger partial charge in [0.1, 0.15) is 11.9 Å². The summed E-state index contributed by atoms with van der Waals surface area (Å²) in [6.45, 7) is 0.949. The van der Waals surface area contributed by atoms with Gasteiger partial charge in [-0.25, -0.2) is 0 Å². The van der Waals surface area contributed by atoms with Gasteiger partial charge in [-0.15, -0.1) is 0 Å². The lowest BCUT2D eigenvalue weighted by molar-refractivity contribution is 0.195. The monoisotopic (exact) mass is 281 g/mol. The molecule has 0 aromatic heterocycles. The molecule has 3 rings (SSSR count). The molecule has 0 radical (unpaired) electrons. The molecule has 1 atom stereocenters. The maximum atomic E-state index is 6.29. The summed E-state index contributed by atoms with van der Waals surface area (Å²) < 4.78 is 6.29. The van der Waals surface area contributed by atoms with Crippen molar-refractivity contribution >= 4 is 0 Å². The zero-order valence-electron chi connectivity index (χ0n) is 12.6. The van der Waals surface area contributed by atoms with Crippen LogP contribution in [0, 0.1) is 0 Å². The maximum Gasteiger partial charge on any atom is 0.125 e. The van der Waals surface area contributed by atoms with E-state index < -0.39 is 0 Å². The normalized spacial score (nSPS) is 14.7. The van der Waals surface area contributed by atoms with E-state index in [1.807, 2.05) is 13.1 Å². The zero-order valence-corrected chi connectivity index (χ0v) is 12.6. The number of hydrogen-bond donors (Lipinski definition) is 1. The van der Waals surface area contributed by atoms with Crippen LogP contribution in [0.4, 0.5) is 0 Å². The molecule has 110 valence electrons. The SMILES string of the molecule is CNCCC(Oc1ccc2c(c1)CCC2)c1ccccc1. The largest absolute Gasteiger partial charge is 0.486 e. The van der Waals surface area contributed by atoms with Crippen LogP contribution in [0.5, 0.6) is 5.75 Å². The van der Waals surface area contributed by atoms with Gasteiger partial charge < -0.3 is 10.1 Å². The van der Waals surface area contributed by atoms with Crippen molar-refractivity contribution in [3.8, 4) is 5.75 Å². The first-order valence-electron chi connectivity index (χ1n) is 7.85. The molecule has 21 heavy (non-hydrogen) atoms. The lowest BCUT2D eigenvalue weighted by atomic mass is 10.1. The topological polar surface area (TPSA) is 21.3 Å². The molecule has 0 saturated heterocycles. The Bertz CT molecular complexity index is 579. The van der Waals surface area contributed by atoms with Gasteiger partial charge in [0.25, 0.3) is 0 Å². The predicted molar refractivity (Wildman–Crippen MR) is 86.8 cm³/mol. The van der Waals surface area contributed by atoms with Crippen LogP contribution in [-0.4, -0.2) is 13.6 Å². The smallest absolute Gasteiger partial charge is 0.125 e. The quantitative estimate of drug-likeness (QED) is 0.867. The van der Waals surface area contributed by atoms with Crippen LogP contribution in [0.1, 0.15) is 35.6 Å². The molecule has 0 fully saturated rings. The molecule has 2 nitrogen and oxygen atoms in total. The highest BCUT2D eigenvalue weighted by molar-refractivity contribution is 5.38. The number of nitrogens with one attached hydrogen (secondary N) is 1. The van der Waals surface area contributed by atoms with Crippen molar-refractivity contribution in [2.45, 2.75) is 31.8 Å². The molecule has 2 aromatic carbocycles. The minimum absolute atomic E-state index is 0.109. The Hall–Kier alpha value is -1.80. The zero-order chi connectivity index (χ0) is 14.5. The number of benzene rings is 2. The van der Waals surface area contributed by atoms with Crippen LogP contribution in [0.15, 0.2) is 48.5 Å². The summed E-state index contributed by atoms with van der Waals surface area (Å²) in [5.74, 6) is 1.00. The molecular formula is C19H23NO. The van der Waals surface area contributed by atoms with Gasteiger partial charge in [0.05, 0.1) is 0 Å². The Balaban J connectivity index is 1.77. The molecular weight excluding hydrogens is 258 g/mol. The van der Waals surface area contributed by atoms with Gasteiger partial charge in [-0.3, -0.25) is 0 Å². The number of fused-ring (bicyclic) bond motifs is 1. The number of aryl methyl sites for hydroxylation is 2. The Morgan fingerprint density at radius 2 is 1.86 bits per heavy atom. The first-order chi connectivity index (χ1) is 10.4. The Kier molecular flexibility index (Phi) is 4.56. The van der Waals surface area contributed by atoms with Crippen LogP contribution in [-0.2, 0) is 12.8 Å². The fourth-order valence-corrected chi connectivity index (χ4v) is 3.02. The first kappa shape index (κ1) is 14.2. The molecule has 1 aliphatic carbocycles. The van der Waals surface area contributed by atoms with E-state index in [-0.39, 0.29) is 6.10 Å². The van der Waals surface area contributed by atoms with E-state index in [4.69, 9.17) is 4.74 Å². The van der Waals surface area contributed by atoms with Crippen molar-refractivity contribution in [3.05, 3.63) is 65.2 Å². The highest BCUT2D eigenvalue weighted by Gasteiger charge is 2.15. The molecule has 1 unspecified atom stereocenters. The molecule has 0 saturated carbocycles. The van der Waals surface area contributed by atoms with Crippen LogP contribution < -0.4 is 10.1 Å². The number of rotatable bonds is 6. The number of hydrogen-bond acceptors (Lipinski definition) is 2. The predicted octanol–water partition coefficient (Wildman–Crippen LogP) is 3.90. The van der Waals surface area contributed by atoms with Crippen LogP contribution in [0.2, 0.25) is 0 Å². The second-order valence-corrected chi connectivity index (χ2v) is 5.69. The summed E-state index contributed by atoms with van der Waals surface area (Å²) >= 11 is 0. The third kappa shape index (κ3) is 3.45. The van der Waals surface area contributed by atoms with Gasteiger partial charge in [-0.1, -0.05) is 36.4 Å².